The minimum atomic E-state index is -0.214. The molecule has 12 heavy (non-hydrogen) atoms. The van der Waals surface area contributed by atoms with E-state index in [4.69, 9.17) is 5.73 Å². The molecule has 0 rings (SSSR count). The number of nitrogens with two attached hydrogens (primary N) is 1. The third-order valence-corrected chi connectivity index (χ3v) is 2.13. The molecule has 0 saturated heterocycles. The van der Waals surface area contributed by atoms with E-state index in [1.807, 2.05) is 27.7 Å². The van der Waals surface area contributed by atoms with Crippen LogP contribution in [0.1, 0.15) is 27.7 Å². The van der Waals surface area contributed by atoms with Crippen molar-refractivity contribution in [3.63, 3.8) is 0 Å². The summed E-state index contributed by atoms with van der Waals surface area (Å²) in [5, 5.41) is 0. The molecule has 72 valence electrons. The van der Waals surface area contributed by atoms with Gasteiger partial charge < -0.3 is 5.73 Å². The van der Waals surface area contributed by atoms with Gasteiger partial charge in [-0.05, 0) is 19.0 Å². The maximum atomic E-state index is 11.1. The lowest BCUT2D eigenvalue weighted by atomic mass is 10.0. The van der Waals surface area contributed by atoms with E-state index in [2.05, 4.69) is 4.90 Å². The average Bonchev–Trinajstić information content (AvgIpc) is 1.98. The van der Waals surface area contributed by atoms with Gasteiger partial charge in [-0.15, -0.1) is 0 Å². The summed E-state index contributed by atoms with van der Waals surface area (Å²) in [6.45, 7) is 9.88. The predicted octanol–water partition coefficient (Wildman–Crippen LogP) is 0.838. The van der Waals surface area contributed by atoms with Gasteiger partial charge in [0.2, 0.25) is 5.91 Å². The number of rotatable bonds is 5. The molecule has 1 atom stereocenters. The van der Waals surface area contributed by atoms with E-state index < -0.39 is 0 Å². The van der Waals surface area contributed by atoms with Crippen LogP contribution >= 0.6 is 0 Å². The largest absolute Gasteiger partial charge is 0.368 e. The maximum Gasteiger partial charge on any atom is 0.235 e. The number of carbonyl (C=O) groups excluding carboxylic acids is 1. The number of amides is 1. The zero-order chi connectivity index (χ0) is 9.72. The third kappa shape index (κ3) is 2.81. The normalized spacial score (nSPS) is 13.8. The van der Waals surface area contributed by atoms with Crippen molar-refractivity contribution in [2.45, 2.75) is 33.7 Å². The fourth-order valence-electron chi connectivity index (χ4n) is 1.55. The highest BCUT2D eigenvalue weighted by Crippen LogP contribution is 2.09. The van der Waals surface area contributed by atoms with E-state index in [9.17, 15) is 4.79 Å². The molecule has 0 fully saturated rings. The van der Waals surface area contributed by atoms with E-state index in [0.29, 0.717) is 5.92 Å². The summed E-state index contributed by atoms with van der Waals surface area (Å²) in [6, 6.07) is -0.111. The molecule has 3 heteroatoms. The lowest BCUT2D eigenvalue weighted by Crippen LogP contribution is -2.47. The average molecular weight is 172 g/mol. The Labute approximate surface area is 74.9 Å². The van der Waals surface area contributed by atoms with E-state index in [1.54, 1.807) is 0 Å². The van der Waals surface area contributed by atoms with Crippen molar-refractivity contribution in [3.8, 4) is 0 Å². The van der Waals surface area contributed by atoms with Gasteiger partial charge in [-0.1, -0.05) is 27.7 Å². The lowest BCUT2D eigenvalue weighted by Gasteiger charge is -2.29. The van der Waals surface area contributed by atoms with Crippen LogP contribution in [0.25, 0.3) is 0 Å². The van der Waals surface area contributed by atoms with Crippen molar-refractivity contribution in [3.05, 3.63) is 0 Å². The van der Waals surface area contributed by atoms with Gasteiger partial charge in [0, 0.05) is 0 Å². The van der Waals surface area contributed by atoms with E-state index in [-0.39, 0.29) is 11.9 Å². The highest BCUT2D eigenvalue weighted by Gasteiger charge is 2.24. The molecule has 0 saturated carbocycles. The highest BCUT2D eigenvalue weighted by atomic mass is 16.1. The van der Waals surface area contributed by atoms with Crippen LogP contribution in [-0.4, -0.2) is 29.9 Å². The molecule has 1 unspecified atom stereocenters. The van der Waals surface area contributed by atoms with Gasteiger partial charge in [0.25, 0.3) is 0 Å². The minimum Gasteiger partial charge on any atom is -0.368 e. The molecule has 2 N–H and O–H groups in total. The molecule has 0 aromatic carbocycles. The lowest BCUT2D eigenvalue weighted by molar-refractivity contribution is -0.124. The Morgan fingerprint density at radius 3 is 1.83 bits per heavy atom. The molecular weight excluding hydrogens is 152 g/mol. The first-order chi connectivity index (χ1) is 5.54. The third-order valence-electron chi connectivity index (χ3n) is 2.13. The number of carbonyl (C=O) groups is 1. The smallest absolute Gasteiger partial charge is 0.235 e. The Kier molecular flexibility index (Phi) is 4.90. The van der Waals surface area contributed by atoms with Gasteiger partial charge in [0.05, 0.1) is 6.04 Å². The van der Waals surface area contributed by atoms with Crippen LogP contribution in [0.4, 0.5) is 0 Å². The molecule has 0 aromatic rings. The van der Waals surface area contributed by atoms with Gasteiger partial charge in [-0.2, -0.15) is 0 Å². The van der Waals surface area contributed by atoms with E-state index in [1.165, 1.54) is 0 Å². The Hall–Kier alpha value is -0.570. The van der Waals surface area contributed by atoms with Gasteiger partial charge in [0.1, 0.15) is 0 Å². The predicted molar refractivity (Wildman–Crippen MR) is 50.7 cm³/mol. The van der Waals surface area contributed by atoms with E-state index in [0.717, 1.165) is 13.1 Å². The molecular formula is C9H20N2O. The van der Waals surface area contributed by atoms with Crippen molar-refractivity contribution >= 4 is 5.91 Å². The van der Waals surface area contributed by atoms with Crippen molar-refractivity contribution in [2.75, 3.05) is 13.1 Å². The SMILES string of the molecule is CCN(CC)C(C(N)=O)C(C)C. The number of primary amides is 1. The molecule has 0 spiro atoms. The zero-order valence-corrected chi connectivity index (χ0v) is 8.50. The van der Waals surface area contributed by atoms with Crippen molar-refractivity contribution in [2.24, 2.45) is 11.7 Å². The second kappa shape index (κ2) is 5.14. The van der Waals surface area contributed by atoms with Crippen LogP contribution < -0.4 is 5.73 Å². The minimum absolute atomic E-state index is 0.111. The zero-order valence-electron chi connectivity index (χ0n) is 8.50. The molecule has 0 aliphatic heterocycles. The van der Waals surface area contributed by atoms with Crippen LogP contribution in [0.15, 0.2) is 0 Å². The summed E-state index contributed by atoms with van der Waals surface area (Å²) in [6.07, 6.45) is 0. The van der Waals surface area contributed by atoms with Crippen LogP contribution in [0.3, 0.4) is 0 Å². The first kappa shape index (κ1) is 11.4. The second-order valence-corrected chi connectivity index (χ2v) is 3.31. The number of nitrogens with zero attached hydrogens (tertiary/aromatic N) is 1. The topological polar surface area (TPSA) is 46.3 Å². The molecule has 0 aromatic heterocycles. The summed E-state index contributed by atoms with van der Waals surface area (Å²) in [7, 11) is 0. The highest BCUT2D eigenvalue weighted by molar-refractivity contribution is 5.80. The van der Waals surface area contributed by atoms with Gasteiger partial charge >= 0.3 is 0 Å². The Bertz CT molecular complexity index is 141. The summed E-state index contributed by atoms with van der Waals surface area (Å²) in [5.74, 6) is 0.0797. The van der Waals surface area contributed by atoms with Crippen molar-refractivity contribution in [1.29, 1.82) is 0 Å². The fourth-order valence-corrected chi connectivity index (χ4v) is 1.55. The summed E-state index contributed by atoms with van der Waals surface area (Å²) in [4.78, 5) is 13.2. The van der Waals surface area contributed by atoms with Gasteiger partial charge in [-0.3, -0.25) is 9.69 Å². The number of likely N-dealkylation sites (N-methyl/N-ethyl adjacent to an activating group) is 1. The molecule has 0 radical (unpaired) electrons. The standard InChI is InChI=1S/C9H20N2O/c1-5-11(6-2)8(7(3)4)9(10)12/h7-8H,5-6H2,1-4H3,(H2,10,12). The van der Waals surface area contributed by atoms with Crippen LogP contribution in [0.2, 0.25) is 0 Å². The molecule has 1 amide bonds. The molecule has 3 nitrogen and oxygen atoms in total. The number of hydrogen-bond acceptors (Lipinski definition) is 2. The Morgan fingerprint density at radius 2 is 1.75 bits per heavy atom. The molecule has 0 bridgehead atoms. The summed E-state index contributed by atoms with van der Waals surface area (Å²) < 4.78 is 0. The fraction of sp³-hybridized carbons (Fsp3) is 0.889. The Morgan fingerprint density at radius 1 is 1.33 bits per heavy atom. The van der Waals surface area contributed by atoms with Crippen LogP contribution in [0.5, 0.6) is 0 Å². The monoisotopic (exact) mass is 172 g/mol. The summed E-state index contributed by atoms with van der Waals surface area (Å²) >= 11 is 0. The maximum absolute atomic E-state index is 11.1. The summed E-state index contributed by atoms with van der Waals surface area (Å²) in [5.41, 5.74) is 5.31. The first-order valence-electron chi connectivity index (χ1n) is 4.57. The second-order valence-electron chi connectivity index (χ2n) is 3.31. The van der Waals surface area contributed by atoms with Gasteiger partial charge in [-0.25, -0.2) is 0 Å². The quantitative estimate of drug-likeness (QED) is 0.668. The molecule has 0 heterocycles. The van der Waals surface area contributed by atoms with Crippen molar-refractivity contribution < 1.29 is 4.79 Å². The van der Waals surface area contributed by atoms with Crippen molar-refractivity contribution in [1.82, 2.24) is 4.90 Å². The van der Waals surface area contributed by atoms with Gasteiger partial charge in [0.15, 0.2) is 0 Å². The van der Waals surface area contributed by atoms with Crippen LogP contribution in [-0.2, 0) is 4.79 Å². The number of hydrogen-bond donors (Lipinski definition) is 1. The van der Waals surface area contributed by atoms with Crippen LogP contribution in [0, 0.1) is 5.92 Å². The van der Waals surface area contributed by atoms with E-state index >= 15 is 0 Å². The Balaban J connectivity index is 4.36. The first-order valence-corrected chi connectivity index (χ1v) is 4.57. The molecule has 0 aliphatic rings. The molecule has 0 aliphatic carbocycles.